The SMILES string of the molecule is CC(c1ccco1)N(C)Cc1ccc(C(=O)NCc2ccccc2C(F)(F)F)c(=O)[nH]1. The monoisotopic (exact) mass is 433 g/mol. The molecule has 1 aromatic carbocycles. The van der Waals surface area contributed by atoms with Crippen molar-refractivity contribution in [3.8, 4) is 0 Å². The number of aromatic nitrogens is 1. The maximum atomic E-state index is 13.1. The summed E-state index contributed by atoms with van der Waals surface area (Å²) in [6, 6.07) is 11.6. The zero-order valence-corrected chi connectivity index (χ0v) is 17.0. The molecule has 1 unspecified atom stereocenters. The number of amides is 1. The summed E-state index contributed by atoms with van der Waals surface area (Å²) >= 11 is 0. The summed E-state index contributed by atoms with van der Waals surface area (Å²) in [6.45, 7) is 2.01. The lowest BCUT2D eigenvalue weighted by atomic mass is 10.1. The first-order valence-electron chi connectivity index (χ1n) is 9.56. The summed E-state index contributed by atoms with van der Waals surface area (Å²) in [7, 11) is 1.87. The van der Waals surface area contributed by atoms with E-state index in [1.807, 2.05) is 24.9 Å². The molecule has 0 saturated carbocycles. The van der Waals surface area contributed by atoms with E-state index in [0.717, 1.165) is 11.8 Å². The number of rotatable bonds is 7. The number of halogens is 3. The van der Waals surface area contributed by atoms with Gasteiger partial charge < -0.3 is 14.7 Å². The van der Waals surface area contributed by atoms with Gasteiger partial charge in [0.25, 0.3) is 11.5 Å². The topological polar surface area (TPSA) is 78.3 Å². The molecule has 2 heterocycles. The highest BCUT2D eigenvalue weighted by molar-refractivity contribution is 5.93. The molecule has 31 heavy (non-hydrogen) atoms. The summed E-state index contributed by atoms with van der Waals surface area (Å²) in [4.78, 5) is 29.3. The number of pyridine rings is 1. The summed E-state index contributed by atoms with van der Waals surface area (Å²) in [5, 5.41) is 2.38. The molecule has 0 spiro atoms. The lowest BCUT2D eigenvalue weighted by Gasteiger charge is -2.22. The van der Waals surface area contributed by atoms with Gasteiger partial charge in [-0.1, -0.05) is 18.2 Å². The summed E-state index contributed by atoms with van der Waals surface area (Å²) in [5.74, 6) is 0.0297. The third kappa shape index (κ3) is 5.43. The Kier molecular flexibility index (Phi) is 6.65. The van der Waals surface area contributed by atoms with E-state index in [-0.39, 0.29) is 23.7 Å². The van der Waals surface area contributed by atoms with Crippen molar-refractivity contribution in [1.82, 2.24) is 15.2 Å². The molecule has 3 rings (SSSR count). The second-order valence-corrected chi connectivity index (χ2v) is 7.17. The highest BCUT2D eigenvalue weighted by Crippen LogP contribution is 2.31. The van der Waals surface area contributed by atoms with E-state index in [4.69, 9.17) is 4.42 Å². The zero-order valence-electron chi connectivity index (χ0n) is 17.0. The Morgan fingerprint density at radius 2 is 1.90 bits per heavy atom. The van der Waals surface area contributed by atoms with E-state index < -0.39 is 23.2 Å². The molecule has 1 amide bonds. The number of nitrogens with zero attached hydrogens (tertiary/aromatic N) is 1. The number of alkyl halides is 3. The first kappa shape index (κ1) is 22.4. The average molecular weight is 433 g/mol. The summed E-state index contributed by atoms with van der Waals surface area (Å²) in [5.41, 5.74) is -1.10. The van der Waals surface area contributed by atoms with Crippen LogP contribution < -0.4 is 10.9 Å². The molecular weight excluding hydrogens is 411 g/mol. The smallest absolute Gasteiger partial charge is 0.416 e. The van der Waals surface area contributed by atoms with Crippen molar-refractivity contribution in [1.29, 1.82) is 0 Å². The van der Waals surface area contributed by atoms with Crippen molar-refractivity contribution in [2.45, 2.75) is 32.2 Å². The second kappa shape index (κ2) is 9.22. The van der Waals surface area contributed by atoms with E-state index in [2.05, 4.69) is 10.3 Å². The molecule has 0 aliphatic rings. The lowest BCUT2D eigenvalue weighted by Crippen LogP contribution is -2.31. The maximum Gasteiger partial charge on any atom is 0.416 e. The van der Waals surface area contributed by atoms with Crippen molar-refractivity contribution in [3.05, 3.63) is 93.3 Å². The Labute approximate surface area is 176 Å². The minimum Gasteiger partial charge on any atom is -0.468 e. The van der Waals surface area contributed by atoms with Gasteiger partial charge in [0.1, 0.15) is 11.3 Å². The Hall–Kier alpha value is -3.33. The van der Waals surface area contributed by atoms with Crippen LogP contribution in [0.4, 0.5) is 13.2 Å². The predicted molar refractivity (Wildman–Crippen MR) is 108 cm³/mol. The molecule has 0 fully saturated rings. The number of H-pyrrole nitrogens is 1. The highest BCUT2D eigenvalue weighted by atomic mass is 19.4. The number of carbonyl (C=O) groups excluding carboxylic acids is 1. The van der Waals surface area contributed by atoms with Crippen LogP contribution in [0.1, 0.15) is 45.9 Å². The second-order valence-electron chi connectivity index (χ2n) is 7.17. The molecule has 164 valence electrons. The molecular formula is C22H22F3N3O3. The van der Waals surface area contributed by atoms with E-state index in [0.29, 0.717) is 12.2 Å². The van der Waals surface area contributed by atoms with Gasteiger partial charge in [0, 0.05) is 18.8 Å². The van der Waals surface area contributed by atoms with Gasteiger partial charge in [-0.25, -0.2) is 0 Å². The van der Waals surface area contributed by atoms with Gasteiger partial charge in [-0.05, 0) is 49.9 Å². The Balaban J connectivity index is 1.66. The standard InChI is InChI=1S/C22H22F3N3O3/c1-14(19-8-5-11-31-19)28(2)13-16-9-10-17(21(30)27-16)20(29)26-12-15-6-3-4-7-18(15)22(23,24)25/h3-11,14H,12-13H2,1-2H3,(H,26,29)(H,27,30). The van der Waals surface area contributed by atoms with Gasteiger partial charge in [-0.2, -0.15) is 13.2 Å². The number of aromatic amines is 1. The average Bonchev–Trinajstić information content (AvgIpc) is 3.26. The molecule has 1 atom stereocenters. The summed E-state index contributed by atoms with van der Waals surface area (Å²) in [6.07, 6.45) is -2.94. The van der Waals surface area contributed by atoms with Gasteiger partial charge >= 0.3 is 6.18 Å². The van der Waals surface area contributed by atoms with Crippen LogP contribution in [-0.4, -0.2) is 22.8 Å². The van der Waals surface area contributed by atoms with Crippen LogP contribution in [0, 0.1) is 0 Å². The predicted octanol–water partition coefficient (Wildman–Crippen LogP) is 4.11. The number of nitrogens with one attached hydrogen (secondary N) is 2. The molecule has 0 radical (unpaired) electrons. The van der Waals surface area contributed by atoms with Crippen LogP contribution in [0.15, 0.2) is 64.0 Å². The third-order valence-corrected chi connectivity index (χ3v) is 5.01. The largest absolute Gasteiger partial charge is 0.468 e. The van der Waals surface area contributed by atoms with Crippen molar-refractivity contribution in [3.63, 3.8) is 0 Å². The number of carbonyl (C=O) groups is 1. The maximum absolute atomic E-state index is 13.1. The van der Waals surface area contributed by atoms with E-state index >= 15 is 0 Å². The number of hydrogen-bond donors (Lipinski definition) is 2. The molecule has 6 nitrogen and oxygen atoms in total. The molecule has 9 heteroatoms. The first-order valence-corrected chi connectivity index (χ1v) is 9.56. The normalized spacial score (nSPS) is 12.7. The molecule has 2 N–H and O–H groups in total. The van der Waals surface area contributed by atoms with Crippen molar-refractivity contribution in [2.75, 3.05) is 7.05 Å². The van der Waals surface area contributed by atoms with Crippen molar-refractivity contribution in [2.24, 2.45) is 0 Å². The fourth-order valence-electron chi connectivity index (χ4n) is 3.16. The first-order chi connectivity index (χ1) is 14.7. The van der Waals surface area contributed by atoms with Crippen molar-refractivity contribution >= 4 is 5.91 Å². The van der Waals surface area contributed by atoms with E-state index in [9.17, 15) is 22.8 Å². The number of hydrogen-bond acceptors (Lipinski definition) is 4. The van der Waals surface area contributed by atoms with Crippen molar-refractivity contribution < 1.29 is 22.4 Å². The lowest BCUT2D eigenvalue weighted by molar-refractivity contribution is -0.138. The zero-order chi connectivity index (χ0) is 22.6. The van der Waals surface area contributed by atoms with E-state index in [1.54, 1.807) is 18.4 Å². The molecule has 2 aromatic heterocycles. The van der Waals surface area contributed by atoms with Crippen LogP contribution in [-0.2, 0) is 19.3 Å². The highest BCUT2D eigenvalue weighted by Gasteiger charge is 2.32. The molecule has 0 saturated heterocycles. The van der Waals surface area contributed by atoms with Crippen LogP contribution >= 0.6 is 0 Å². The minimum absolute atomic E-state index is 0.0322. The Bertz CT molecular complexity index is 1090. The van der Waals surface area contributed by atoms with Crippen LogP contribution in [0.2, 0.25) is 0 Å². The van der Waals surface area contributed by atoms with Gasteiger partial charge in [-0.15, -0.1) is 0 Å². The minimum atomic E-state index is -4.53. The van der Waals surface area contributed by atoms with Gasteiger partial charge in [0.15, 0.2) is 0 Å². The number of furan rings is 1. The third-order valence-electron chi connectivity index (χ3n) is 5.01. The summed E-state index contributed by atoms with van der Waals surface area (Å²) < 4.78 is 44.6. The molecule has 0 bridgehead atoms. The number of benzene rings is 1. The molecule has 0 aliphatic heterocycles. The van der Waals surface area contributed by atoms with Crippen LogP contribution in [0.3, 0.4) is 0 Å². The molecule has 0 aliphatic carbocycles. The fraction of sp³-hybridized carbons (Fsp3) is 0.273. The van der Waals surface area contributed by atoms with Gasteiger partial charge in [-0.3, -0.25) is 14.5 Å². The van der Waals surface area contributed by atoms with E-state index in [1.165, 1.54) is 24.3 Å². The van der Waals surface area contributed by atoms with Gasteiger partial charge in [0.05, 0.1) is 17.9 Å². The fourth-order valence-corrected chi connectivity index (χ4v) is 3.16. The van der Waals surface area contributed by atoms with Crippen LogP contribution in [0.25, 0.3) is 0 Å². The Morgan fingerprint density at radius 3 is 2.55 bits per heavy atom. The molecule has 3 aromatic rings. The van der Waals surface area contributed by atoms with Gasteiger partial charge in [0.2, 0.25) is 0 Å². The Morgan fingerprint density at radius 1 is 1.16 bits per heavy atom. The van der Waals surface area contributed by atoms with Crippen LogP contribution in [0.5, 0.6) is 0 Å². The quantitative estimate of drug-likeness (QED) is 0.588.